The zero-order chi connectivity index (χ0) is 18.8. The summed E-state index contributed by atoms with van der Waals surface area (Å²) in [5.74, 6) is -0.0228. The first-order chi connectivity index (χ1) is 12.4. The normalized spacial score (nSPS) is 17.3. The third-order valence-corrected chi connectivity index (χ3v) is 4.88. The molecule has 1 aromatic heterocycles. The maximum atomic E-state index is 12.5. The summed E-state index contributed by atoms with van der Waals surface area (Å²) in [6.07, 6.45) is 2.19. The molecule has 0 N–H and O–H groups in total. The predicted octanol–water partition coefficient (Wildman–Crippen LogP) is 3.08. The van der Waals surface area contributed by atoms with Crippen LogP contribution in [0.2, 0.25) is 10.0 Å². The van der Waals surface area contributed by atoms with E-state index in [0.717, 1.165) is 5.69 Å². The summed E-state index contributed by atoms with van der Waals surface area (Å²) in [4.78, 5) is 27.8. The number of amides is 1. The minimum absolute atomic E-state index is 0.0874. The Morgan fingerprint density at radius 2 is 2.04 bits per heavy atom. The molecule has 1 amide bonds. The molecule has 1 atom stereocenters. The van der Waals surface area contributed by atoms with E-state index in [1.165, 1.54) is 4.90 Å². The summed E-state index contributed by atoms with van der Waals surface area (Å²) in [5, 5.41) is 9.22. The molecule has 2 aromatic rings. The lowest BCUT2D eigenvalue weighted by Crippen LogP contribution is -2.51. The second-order valence-electron chi connectivity index (χ2n) is 6.36. The molecule has 26 heavy (non-hydrogen) atoms. The number of likely N-dealkylation sites (N-methyl/N-ethyl adjacent to an activating group) is 1. The Kier molecular flexibility index (Phi) is 5.44. The van der Waals surface area contributed by atoms with Crippen LogP contribution < -0.4 is 4.90 Å². The maximum Gasteiger partial charge on any atom is 0.245 e. The highest BCUT2D eigenvalue weighted by Crippen LogP contribution is 2.32. The van der Waals surface area contributed by atoms with Crippen LogP contribution in [0.4, 0.5) is 5.69 Å². The summed E-state index contributed by atoms with van der Waals surface area (Å²) in [5.41, 5.74) is 2.01. The fourth-order valence-corrected chi connectivity index (χ4v) is 3.50. The number of hydrogen-bond acceptors (Lipinski definition) is 5. The van der Waals surface area contributed by atoms with Crippen LogP contribution in [0.3, 0.4) is 0 Å². The number of hydrogen-bond donors (Lipinski definition) is 0. The summed E-state index contributed by atoms with van der Waals surface area (Å²) in [7, 11) is 3.37. The zero-order valence-electron chi connectivity index (χ0n) is 14.4. The Morgan fingerprint density at radius 1 is 1.27 bits per heavy atom. The first-order valence-corrected chi connectivity index (χ1v) is 8.90. The van der Waals surface area contributed by atoms with Crippen molar-refractivity contribution in [3.8, 4) is 11.3 Å². The molecule has 1 aliphatic rings. The van der Waals surface area contributed by atoms with Gasteiger partial charge in [-0.05, 0) is 24.3 Å². The van der Waals surface area contributed by atoms with Crippen molar-refractivity contribution in [3.05, 3.63) is 40.5 Å². The molecule has 136 valence electrons. The Hall–Kier alpha value is -2.18. The molecule has 0 saturated carbocycles. The fraction of sp³-hybridized carbons (Fsp3) is 0.333. The van der Waals surface area contributed by atoms with Crippen molar-refractivity contribution in [1.29, 1.82) is 0 Å². The lowest BCUT2D eigenvalue weighted by atomic mass is 9.99. The lowest BCUT2D eigenvalue weighted by molar-refractivity contribution is -0.133. The number of halogens is 2. The average Bonchev–Trinajstić information content (AvgIpc) is 2.61. The summed E-state index contributed by atoms with van der Waals surface area (Å²) in [6.45, 7) is 0.461. The first kappa shape index (κ1) is 18.6. The van der Waals surface area contributed by atoms with Crippen LogP contribution in [0.25, 0.3) is 11.3 Å². The molecule has 3 rings (SSSR count). The summed E-state index contributed by atoms with van der Waals surface area (Å²) < 4.78 is 0. The highest BCUT2D eigenvalue weighted by Gasteiger charge is 2.34. The molecule has 1 aromatic carbocycles. The van der Waals surface area contributed by atoms with Crippen LogP contribution in [0.5, 0.6) is 0 Å². The van der Waals surface area contributed by atoms with E-state index in [1.54, 1.807) is 38.5 Å². The van der Waals surface area contributed by atoms with E-state index in [1.807, 2.05) is 11.0 Å². The van der Waals surface area contributed by atoms with Crippen LogP contribution in [-0.4, -0.2) is 53.5 Å². The number of carbonyl (C=O) groups excluding carboxylic acids is 2. The van der Waals surface area contributed by atoms with Crippen LogP contribution in [0.1, 0.15) is 12.8 Å². The van der Waals surface area contributed by atoms with Crippen molar-refractivity contribution in [2.75, 3.05) is 25.5 Å². The van der Waals surface area contributed by atoms with Crippen molar-refractivity contribution < 1.29 is 9.59 Å². The Labute approximate surface area is 161 Å². The van der Waals surface area contributed by atoms with E-state index < -0.39 is 6.04 Å². The first-order valence-electron chi connectivity index (χ1n) is 8.14. The van der Waals surface area contributed by atoms with E-state index in [9.17, 15) is 9.59 Å². The molecular weight excluding hydrogens is 375 g/mol. The van der Waals surface area contributed by atoms with Crippen LogP contribution in [-0.2, 0) is 9.59 Å². The molecule has 2 heterocycles. The van der Waals surface area contributed by atoms with Crippen molar-refractivity contribution >= 4 is 40.6 Å². The second-order valence-corrected chi connectivity index (χ2v) is 7.20. The van der Waals surface area contributed by atoms with Gasteiger partial charge in [0.05, 0.1) is 22.6 Å². The lowest BCUT2D eigenvalue weighted by Gasteiger charge is -2.36. The quantitative estimate of drug-likeness (QED) is 0.802. The van der Waals surface area contributed by atoms with Gasteiger partial charge in [0, 0.05) is 44.1 Å². The van der Waals surface area contributed by atoms with Crippen LogP contribution in [0, 0.1) is 0 Å². The maximum absolute atomic E-state index is 12.5. The number of benzene rings is 1. The van der Waals surface area contributed by atoms with Crippen LogP contribution in [0.15, 0.2) is 30.5 Å². The number of aromatic nitrogens is 2. The van der Waals surface area contributed by atoms with Crippen LogP contribution >= 0.6 is 23.2 Å². The predicted molar refractivity (Wildman–Crippen MR) is 102 cm³/mol. The van der Waals surface area contributed by atoms with Gasteiger partial charge in [-0.2, -0.15) is 10.2 Å². The van der Waals surface area contributed by atoms with E-state index in [2.05, 4.69) is 10.2 Å². The standard InChI is InChI=1S/C18H18Cl2N4O2/c1-23(2)18(26)17-9-13(25)5-6-24(17)12-8-16(22-21-10-12)14-4-3-11(19)7-15(14)20/h3-4,7-8,10,17H,5-6,9H2,1-2H3. The van der Waals surface area contributed by atoms with Gasteiger partial charge in [-0.25, -0.2) is 0 Å². The van der Waals surface area contributed by atoms with Gasteiger partial charge in [-0.3, -0.25) is 9.59 Å². The summed E-state index contributed by atoms with van der Waals surface area (Å²) >= 11 is 12.2. The molecule has 1 aliphatic heterocycles. The number of rotatable bonds is 3. The van der Waals surface area contributed by atoms with Gasteiger partial charge >= 0.3 is 0 Å². The van der Waals surface area contributed by atoms with E-state index in [-0.39, 0.29) is 18.1 Å². The fourth-order valence-electron chi connectivity index (χ4n) is 3.00. The van der Waals surface area contributed by atoms with Gasteiger partial charge < -0.3 is 9.80 Å². The summed E-state index contributed by atoms with van der Waals surface area (Å²) in [6, 6.07) is 6.44. The smallest absolute Gasteiger partial charge is 0.245 e. The SMILES string of the molecule is CN(C)C(=O)C1CC(=O)CCN1c1cnnc(-c2ccc(Cl)cc2Cl)c1. The number of piperidine rings is 1. The molecular formula is C18H18Cl2N4O2. The van der Waals surface area contributed by atoms with Gasteiger partial charge in [0.25, 0.3) is 0 Å². The minimum Gasteiger partial charge on any atom is -0.357 e. The largest absolute Gasteiger partial charge is 0.357 e. The Morgan fingerprint density at radius 3 is 2.73 bits per heavy atom. The molecule has 0 spiro atoms. The monoisotopic (exact) mass is 392 g/mol. The van der Waals surface area contributed by atoms with E-state index >= 15 is 0 Å². The van der Waals surface area contributed by atoms with Gasteiger partial charge in [-0.1, -0.05) is 23.2 Å². The van der Waals surface area contributed by atoms with Gasteiger partial charge in [0.15, 0.2) is 0 Å². The molecule has 1 saturated heterocycles. The van der Waals surface area contributed by atoms with E-state index in [0.29, 0.717) is 34.3 Å². The molecule has 0 radical (unpaired) electrons. The van der Waals surface area contributed by atoms with E-state index in [4.69, 9.17) is 23.2 Å². The average molecular weight is 393 g/mol. The highest BCUT2D eigenvalue weighted by atomic mass is 35.5. The third-order valence-electron chi connectivity index (χ3n) is 4.33. The highest BCUT2D eigenvalue weighted by molar-refractivity contribution is 6.36. The van der Waals surface area contributed by atoms with Crippen molar-refractivity contribution in [2.45, 2.75) is 18.9 Å². The minimum atomic E-state index is -0.538. The molecule has 1 unspecified atom stereocenters. The molecule has 1 fully saturated rings. The molecule has 6 nitrogen and oxygen atoms in total. The number of anilines is 1. The van der Waals surface area contributed by atoms with Crippen molar-refractivity contribution in [1.82, 2.24) is 15.1 Å². The zero-order valence-corrected chi connectivity index (χ0v) is 16.0. The Bertz CT molecular complexity index is 857. The Balaban J connectivity index is 1.97. The number of Topliss-reactive ketones (excluding diaryl/α,β-unsaturated/α-hetero) is 1. The molecule has 0 aliphatic carbocycles. The third kappa shape index (κ3) is 3.81. The van der Waals surface area contributed by atoms with Gasteiger partial charge in [-0.15, -0.1) is 0 Å². The topological polar surface area (TPSA) is 66.4 Å². The molecule has 0 bridgehead atoms. The number of nitrogens with zero attached hydrogens (tertiary/aromatic N) is 4. The second kappa shape index (κ2) is 7.60. The van der Waals surface area contributed by atoms with Crippen molar-refractivity contribution in [3.63, 3.8) is 0 Å². The number of ketones is 1. The van der Waals surface area contributed by atoms with Gasteiger partial charge in [0.1, 0.15) is 11.8 Å². The number of carbonyl (C=O) groups is 2. The molecule has 8 heteroatoms. The van der Waals surface area contributed by atoms with Crippen molar-refractivity contribution in [2.24, 2.45) is 0 Å². The van der Waals surface area contributed by atoms with Gasteiger partial charge in [0.2, 0.25) is 5.91 Å².